The van der Waals surface area contributed by atoms with Gasteiger partial charge in [-0.05, 0) is 55.1 Å². The van der Waals surface area contributed by atoms with E-state index >= 15 is 0 Å². The number of hydrogen-bond acceptors (Lipinski definition) is 3. The zero-order valence-corrected chi connectivity index (χ0v) is 13.5. The molecule has 1 amide bonds. The molecule has 1 aromatic carbocycles. The summed E-state index contributed by atoms with van der Waals surface area (Å²) in [6.07, 6.45) is 2.93. The quantitative estimate of drug-likeness (QED) is 0.828. The molecular formula is C17H20ClFN2O2. The van der Waals surface area contributed by atoms with Gasteiger partial charge in [0.1, 0.15) is 5.82 Å². The van der Waals surface area contributed by atoms with E-state index in [0.717, 1.165) is 32.5 Å². The molecule has 3 fully saturated rings. The van der Waals surface area contributed by atoms with E-state index in [9.17, 15) is 14.3 Å². The molecule has 6 heteroatoms. The maximum Gasteiger partial charge on any atom is 0.244 e. The molecule has 0 radical (unpaired) electrons. The monoisotopic (exact) mass is 338 g/mol. The first-order chi connectivity index (χ1) is 11.0. The number of aliphatic hydroxyl groups is 1. The van der Waals surface area contributed by atoms with E-state index in [4.69, 9.17) is 11.6 Å². The van der Waals surface area contributed by atoms with E-state index in [1.165, 1.54) is 17.7 Å². The number of benzene rings is 1. The summed E-state index contributed by atoms with van der Waals surface area (Å²) in [4.78, 5) is 14.4. The molecule has 2 N–H and O–H groups in total. The van der Waals surface area contributed by atoms with Gasteiger partial charge in [0.25, 0.3) is 0 Å². The molecule has 3 aliphatic rings. The topological polar surface area (TPSA) is 52.6 Å². The lowest BCUT2D eigenvalue weighted by Crippen LogP contribution is -2.43. The van der Waals surface area contributed by atoms with Crippen LogP contribution in [-0.4, -0.2) is 42.1 Å². The van der Waals surface area contributed by atoms with Crippen LogP contribution >= 0.6 is 11.6 Å². The zero-order valence-electron chi connectivity index (χ0n) is 12.8. The highest BCUT2D eigenvalue weighted by atomic mass is 35.5. The van der Waals surface area contributed by atoms with Crippen LogP contribution < -0.4 is 5.32 Å². The van der Waals surface area contributed by atoms with Gasteiger partial charge >= 0.3 is 0 Å². The minimum atomic E-state index is -0.962. The number of hydrogen-bond donors (Lipinski definition) is 2. The van der Waals surface area contributed by atoms with Crippen LogP contribution in [0.4, 0.5) is 4.39 Å². The van der Waals surface area contributed by atoms with Crippen LogP contribution in [0.5, 0.6) is 0 Å². The van der Waals surface area contributed by atoms with Gasteiger partial charge in [-0.2, -0.15) is 0 Å². The highest BCUT2D eigenvalue weighted by Crippen LogP contribution is 2.31. The van der Waals surface area contributed by atoms with E-state index in [-0.39, 0.29) is 17.5 Å². The van der Waals surface area contributed by atoms with Gasteiger partial charge in [0, 0.05) is 19.2 Å². The van der Waals surface area contributed by atoms with Gasteiger partial charge in [-0.3, -0.25) is 9.69 Å². The van der Waals surface area contributed by atoms with Crippen molar-refractivity contribution in [2.24, 2.45) is 5.92 Å². The average molecular weight is 339 g/mol. The lowest BCUT2D eigenvalue weighted by Gasteiger charge is -2.40. The van der Waals surface area contributed by atoms with Crippen molar-refractivity contribution in [1.82, 2.24) is 10.2 Å². The predicted molar refractivity (Wildman–Crippen MR) is 86.6 cm³/mol. The van der Waals surface area contributed by atoms with Crippen LogP contribution in [0.3, 0.4) is 0 Å². The summed E-state index contributed by atoms with van der Waals surface area (Å²) in [6.45, 7) is 3.13. The van der Waals surface area contributed by atoms with Gasteiger partial charge in [0.15, 0.2) is 0 Å². The normalized spacial score (nSPS) is 26.3. The van der Waals surface area contributed by atoms with Crippen LogP contribution in [0.15, 0.2) is 29.8 Å². The molecule has 124 valence electrons. The van der Waals surface area contributed by atoms with E-state index in [1.807, 2.05) is 0 Å². The summed E-state index contributed by atoms with van der Waals surface area (Å²) in [5, 5.41) is 12.7. The van der Waals surface area contributed by atoms with Gasteiger partial charge < -0.3 is 10.4 Å². The third-order valence-corrected chi connectivity index (χ3v) is 4.94. The second-order valence-electron chi connectivity index (χ2n) is 6.20. The molecule has 2 bridgehead atoms. The summed E-state index contributed by atoms with van der Waals surface area (Å²) in [5.41, 5.74) is 1.56. The van der Waals surface area contributed by atoms with Gasteiger partial charge in [-0.15, -0.1) is 0 Å². The minimum Gasteiger partial charge on any atom is -0.387 e. The molecule has 3 saturated heterocycles. The second kappa shape index (κ2) is 6.99. The molecule has 0 aromatic heterocycles. The predicted octanol–water partition coefficient (Wildman–Crippen LogP) is 2.28. The lowest BCUT2D eigenvalue weighted by atomic mass is 9.83. The van der Waals surface area contributed by atoms with Crippen molar-refractivity contribution in [2.45, 2.75) is 18.9 Å². The molecule has 3 aliphatic heterocycles. The minimum absolute atomic E-state index is 0.0112. The zero-order chi connectivity index (χ0) is 16.4. The Labute approximate surface area is 139 Å². The molecule has 1 aromatic rings. The van der Waals surface area contributed by atoms with Crippen molar-refractivity contribution in [1.29, 1.82) is 0 Å². The van der Waals surface area contributed by atoms with Crippen molar-refractivity contribution in [3.63, 3.8) is 0 Å². The number of aliphatic hydroxyl groups excluding tert-OH is 1. The van der Waals surface area contributed by atoms with Gasteiger partial charge in [-0.1, -0.05) is 17.7 Å². The van der Waals surface area contributed by atoms with Crippen LogP contribution in [0, 0.1) is 11.7 Å². The van der Waals surface area contributed by atoms with E-state index in [2.05, 4.69) is 10.2 Å². The fourth-order valence-corrected chi connectivity index (χ4v) is 3.38. The first kappa shape index (κ1) is 16.4. The maximum atomic E-state index is 13.4. The summed E-state index contributed by atoms with van der Waals surface area (Å²) in [7, 11) is 0. The Morgan fingerprint density at radius 2 is 2.22 bits per heavy atom. The van der Waals surface area contributed by atoms with Crippen molar-refractivity contribution >= 4 is 17.5 Å². The van der Waals surface area contributed by atoms with Crippen molar-refractivity contribution < 1.29 is 14.3 Å². The number of amides is 1. The van der Waals surface area contributed by atoms with Crippen LogP contribution in [0.2, 0.25) is 5.02 Å². The fraction of sp³-hybridized carbons (Fsp3) is 0.471. The van der Waals surface area contributed by atoms with Gasteiger partial charge in [0.2, 0.25) is 5.91 Å². The summed E-state index contributed by atoms with van der Waals surface area (Å²) in [6, 6.07) is 4.13. The number of nitrogens with one attached hydrogen (secondary N) is 1. The lowest BCUT2D eigenvalue weighted by molar-refractivity contribution is -0.117. The molecule has 0 aliphatic carbocycles. The summed E-state index contributed by atoms with van der Waals surface area (Å²) < 4.78 is 13.4. The number of carbonyl (C=O) groups is 1. The number of rotatable bonds is 4. The third-order valence-electron chi connectivity index (χ3n) is 4.63. The molecule has 4 rings (SSSR count). The van der Waals surface area contributed by atoms with Crippen LogP contribution in [0.25, 0.3) is 0 Å². The Kier molecular flexibility index (Phi) is 4.99. The Morgan fingerprint density at radius 3 is 2.83 bits per heavy atom. The Morgan fingerprint density at radius 1 is 1.48 bits per heavy atom. The largest absolute Gasteiger partial charge is 0.387 e. The first-order valence-electron chi connectivity index (χ1n) is 7.86. The highest BCUT2D eigenvalue weighted by Gasteiger charge is 2.29. The summed E-state index contributed by atoms with van der Waals surface area (Å²) >= 11 is 5.61. The number of halogens is 2. The molecule has 0 spiro atoms. The molecule has 4 nitrogen and oxygen atoms in total. The van der Waals surface area contributed by atoms with E-state index in [0.29, 0.717) is 11.5 Å². The van der Waals surface area contributed by atoms with Crippen LogP contribution in [0.1, 0.15) is 24.5 Å². The Balaban J connectivity index is 1.55. The fourth-order valence-electron chi connectivity index (χ4n) is 3.27. The summed E-state index contributed by atoms with van der Waals surface area (Å²) in [5.74, 6) is -0.271. The molecule has 1 unspecified atom stereocenters. The number of fused-ring (bicyclic) bond motifs is 3. The second-order valence-corrected chi connectivity index (χ2v) is 6.61. The number of nitrogens with zero attached hydrogens (tertiary/aromatic N) is 1. The van der Waals surface area contributed by atoms with E-state index < -0.39 is 11.9 Å². The molecule has 0 saturated carbocycles. The maximum absolute atomic E-state index is 13.4. The third kappa shape index (κ3) is 3.91. The van der Waals surface area contributed by atoms with Gasteiger partial charge in [0.05, 0.1) is 11.1 Å². The Bertz CT molecular complexity index is 627. The van der Waals surface area contributed by atoms with Gasteiger partial charge in [-0.25, -0.2) is 4.39 Å². The van der Waals surface area contributed by atoms with Crippen molar-refractivity contribution in [2.75, 3.05) is 26.2 Å². The smallest absolute Gasteiger partial charge is 0.244 e. The Hall–Kier alpha value is -1.43. The van der Waals surface area contributed by atoms with Crippen molar-refractivity contribution in [3.8, 4) is 0 Å². The molecule has 3 heterocycles. The van der Waals surface area contributed by atoms with Crippen LogP contribution in [-0.2, 0) is 4.79 Å². The average Bonchev–Trinajstić information content (AvgIpc) is 2.56. The standard InChI is InChI=1S/C17H20ClFN2O2/c18-14-2-1-12(7-15(14)19)16(22)9-20-17(23)8-13-10-21-5-3-11(13)4-6-21/h1-2,7-8,11,16,22H,3-6,9-10H2,(H,20,23)/b13-8-. The highest BCUT2D eigenvalue weighted by molar-refractivity contribution is 6.30. The van der Waals surface area contributed by atoms with Crippen molar-refractivity contribution in [3.05, 3.63) is 46.3 Å². The number of carbonyl (C=O) groups excluding carboxylic acids is 1. The molecule has 1 atom stereocenters. The number of piperidine rings is 3. The first-order valence-corrected chi connectivity index (χ1v) is 8.24. The van der Waals surface area contributed by atoms with E-state index in [1.54, 1.807) is 12.1 Å². The molecule has 23 heavy (non-hydrogen) atoms. The SMILES string of the molecule is O=C(/C=C1/CN2CCC1CC2)NCC(O)c1ccc(Cl)c(F)c1. The molecular weight excluding hydrogens is 319 g/mol.